The van der Waals surface area contributed by atoms with E-state index in [1.807, 2.05) is 60.5 Å². The number of rotatable bonds is 6. The molecule has 0 unspecified atom stereocenters. The van der Waals surface area contributed by atoms with Crippen molar-refractivity contribution in [1.82, 2.24) is 5.01 Å². The number of amides is 2. The van der Waals surface area contributed by atoms with E-state index in [1.165, 1.54) is 17.3 Å². The summed E-state index contributed by atoms with van der Waals surface area (Å²) in [5.41, 5.74) is 5.93. The van der Waals surface area contributed by atoms with Crippen molar-refractivity contribution in [1.29, 1.82) is 0 Å². The molecule has 2 aliphatic heterocycles. The van der Waals surface area contributed by atoms with Crippen molar-refractivity contribution in [3.8, 4) is 5.75 Å². The molecule has 0 aliphatic carbocycles. The van der Waals surface area contributed by atoms with Crippen molar-refractivity contribution in [2.24, 2.45) is 10.1 Å². The van der Waals surface area contributed by atoms with Crippen LogP contribution in [0.15, 0.2) is 82.9 Å². The summed E-state index contributed by atoms with van der Waals surface area (Å²) in [6.07, 6.45) is 0.713. The van der Waals surface area contributed by atoms with Gasteiger partial charge in [-0.25, -0.2) is 5.01 Å². The van der Waals surface area contributed by atoms with Gasteiger partial charge in [0.2, 0.25) is 5.91 Å². The third-order valence-electron chi connectivity index (χ3n) is 6.39. The van der Waals surface area contributed by atoms with E-state index in [2.05, 4.69) is 41.5 Å². The lowest BCUT2D eigenvalue weighted by atomic mass is 9.98. The number of carbonyl (C=O) groups is 2. The Bertz CT molecular complexity index is 1380. The molecule has 2 heterocycles. The topological polar surface area (TPSA) is 83.4 Å². The number of nitrogens with zero attached hydrogens (tertiary/aromatic N) is 3. The first kappa shape index (κ1) is 24.8. The van der Waals surface area contributed by atoms with Crippen LogP contribution in [0.1, 0.15) is 41.1 Å². The number of carbonyl (C=O) groups excluding carboxylic acids is 2. The number of methoxy groups -OCH3 is 1. The summed E-state index contributed by atoms with van der Waals surface area (Å²) in [6, 6.07) is 23.6. The lowest BCUT2D eigenvalue weighted by Gasteiger charge is -2.23. The number of aryl methyl sites for hydroxylation is 2. The van der Waals surface area contributed by atoms with E-state index in [0.717, 1.165) is 28.2 Å². The van der Waals surface area contributed by atoms with Crippen LogP contribution < -0.4 is 10.1 Å². The van der Waals surface area contributed by atoms with Crippen LogP contribution in [0.5, 0.6) is 5.75 Å². The molecule has 7 nitrogen and oxygen atoms in total. The molecule has 2 amide bonds. The van der Waals surface area contributed by atoms with Crippen LogP contribution in [-0.4, -0.2) is 40.1 Å². The van der Waals surface area contributed by atoms with Gasteiger partial charge < -0.3 is 10.1 Å². The van der Waals surface area contributed by atoms with Gasteiger partial charge in [0, 0.05) is 18.5 Å². The summed E-state index contributed by atoms with van der Waals surface area (Å²) >= 11 is 1.30. The van der Waals surface area contributed by atoms with E-state index in [9.17, 15) is 9.59 Å². The van der Waals surface area contributed by atoms with E-state index in [4.69, 9.17) is 9.84 Å². The molecule has 1 N–H and O–H groups in total. The zero-order valence-electron chi connectivity index (χ0n) is 21.0. The van der Waals surface area contributed by atoms with Crippen LogP contribution in [0, 0.1) is 13.8 Å². The molecule has 0 aromatic heterocycles. The fourth-order valence-electron chi connectivity index (χ4n) is 4.40. The maximum atomic E-state index is 12.8. The van der Waals surface area contributed by atoms with Crippen molar-refractivity contribution in [3.63, 3.8) is 0 Å². The molecule has 2 atom stereocenters. The lowest BCUT2D eigenvalue weighted by molar-refractivity contribution is -0.121. The van der Waals surface area contributed by atoms with Gasteiger partial charge in [0.15, 0.2) is 5.17 Å². The second-order valence-corrected chi connectivity index (χ2v) is 10.4. The largest absolute Gasteiger partial charge is 0.497 e. The summed E-state index contributed by atoms with van der Waals surface area (Å²) in [5.74, 6) is 0.254. The summed E-state index contributed by atoms with van der Waals surface area (Å²) < 4.78 is 5.29. The number of ether oxygens (including phenoxy) is 1. The normalized spacial score (nSPS) is 19.0. The van der Waals surface area contributed by atoms with Crippen LogP contribution in [0.2, 0.25) is 0 Å². The average Bonchev–Trinajstić information content (AvgIpc) is 3.48. The van der Waals surface area contributed by atoms with Crippen LogP contribution in [0.3, 0.4) is 0 Å². The number of hydrogen-bond donors (Lipinski definition) is 1. The first-order valence-electron chi connectivity index (χ1n) is 12.1. The molecular formula is C29H28N4O3S. The Morgan fingerprint density at radius 1 is 1.05 bits per heavy atom. The average molecular weight is 513 g/mol. The van der Waals surface area contributed by atoms with Crippen LogP contribution in [0.4, 0.5) is 5.69 Å². The van der Waals surface area contributed by atoms with Gasteiger partial charge in [-0.1, -0.05) is 53.7 Å². The molecule has 8 heteroatoms. The van der Waals surface area contributed by atoms with Crippen molar-refractivity contribution >= 4 is 40.1 Å². The van der Waals surface area contributed by atoms with E-state index in [0.29, 0.717) is 17.3 Å². The lowest BCUT2D eigenvalue weighted by Crippen LogP contribution is -2.25. The second kappa shape index (κ2) is 10.6. The first-order chi connectivity index (χ1) is 17.9. The molecule has 37 heavy (non-hydrogen) atoms. The molecule has 0 radical (unpaired) electrons. The zero-order valence-corrected chi connectivity index (χ0v) is 21.8. The Labute approximate surface area is 220 Å². The van der Waals surface area contributed by atoms with E-state index in [-0.39, 0.29) is 24.3 Å². The fourth-order valence-corrected chi connectivity index (χ4v) is 5.46. The Balaban J connectivity index is 1.35. The monoisotopic (exact) mass is 512 g/mol. The maximum Gasteiger partial charge on any atom is 0.262 e. The molecule has 2 aliphatic rings. The third kappa shape index (κ3) is 5.59. The molecule has 0 fully saturated rings. The molecular weight excluding hydrogens is 484 g/mol. The van der Waals surface area contributed by atoms with E-state index < -0.39 is 5.25 Å². The summed E-state index contributed by atoms with van der Waals surface area (Å²) in [5, 5.41) is 9.57. The highest BCUT2D eigenvalue weighted by Gasteiger charge is 2.39. The molecule has 5 rings (SSSR count). The SMILES string of the molecule is COc1ccc(C2=NN(C3=NC(=O)[C@@H](CC(=O)Nc4cccc(C)c4)S3)[C@@H](c3ccc(C)cc3)C2)cc1. The summed E-state index contributed by atoms with van der Waals surface area (Å²) in [4.78, 5) is 29.8. The number of benzene rings is 3. The summed E-state index contributed by atoms with van der Waals surface area (Å²) in [6.45, 7) is 4.02. The van der Waals surface area contributed by atoms with Crippen molar-refractivity contribution in [3.05, 3.63) is 95.1 Å². The van der Waals surface area contributed by atoms with Gasteiger partial charge in [0.05, 0.1) is 18.9 Å². The van der Waals surface area contributed by atoms with Gasteiger partial charge in [-0.2, -0.15) is 10.1 Å². The predicted molar refractivity (Wildman–Crippen MR) is 148 cm³/mol. The van der Waals surface area contributed by atoms with Gasteiger partial charge in [-0.05, 0) is 66.9 Å². The van der Waals surface area contributed by atoms with E-state index >= 15 is 0 Å². The van der Waals surface area contributed by atoms with Crippen LogP contribution in [0.25, 0.3) is 0 Å². The van der Waals surface area contributed by atoms with Crippen molar-refractivity contribution < 1.29 is 14.3 Å². The molecule has 3 aromatic rings. The summed E-state index contributed by atoms with van der Waals surface area (Å²) in [7, 11) is 1.64. The van der Waals surface area contributed by atoms with Crippen molar-refractivity contribution in [2.45, 2.75) is 38.0 Å². The molecule has 3 aromatic carbocycles. The van der Waals surface area contributed by atoms with Gasteiger partial charge >= 0.3 is 0 Å². The third-order valence-corrected chi connectivity index (χ3v) is 7.54. The maximum absolute atomic E-state index is 12.8. The highest BCUT2D eigenvalue weighted by Crippen LogP contribution is 2.38. The predicted octanol–water partition coefficient (Wildman–Crippen LogP) is 5.49. The minimum atomic E-state index is -0.585. The fraction of sp³-hybridized carbons (Fsp3) is 0.241. The molecule has 188 valence electrons. The Morgan fingerprint density at radius 3 is 2.51 bits per heavy atom. The standard InChI is InChI=1S/C29H28N4O3S/c1-18-7-9-21(10-8-18)25-16-24(20-11-13-23(36-3)14-12-20)32-33(25)29-31-28(35)26(37-29)17-27(34)30-22-6-4-5-19(2)15-22/h4-15,25-26H,16-17H2,1-3H3,(H,30,34)/t25-,26-/m1/s1. The van der Waals surface area contributed by atoms with Gasteiger partial charge in [-0.3, -0.25) is 9.59 Å². The minimum Gasteiger partial charge on any atom is -0.497 e. The van der Waals surface area contributed by atoms with Crippen LogP contribution in [-0.2, 0) is 9.59 Å². The Kier molecular flexibility index (Phi) is 7.10. The smallest absolute Gasteiger partial charge is 0.262 e. The quantitative estimate of drug-likeness (QED) is 0.472. The molecule has 0 spiro atoms. The molecule has 0 saturated heterocycles. The van der Waals surface area contributed by atoms with Gasteiger partial charge in [0.1, 0.15) is 11.0 Å². The second-order valence-electron chi connectivity index (χ2n) is 9.21. The number of nitrogens with one attached hydrogen (secondary N) is 1. The number of hydrazone groups is 1. The van der Waals surface area contributed by atoms with Crippen molar-refractivity contribution in [2.75, 3.05) is 12.4 Å². The number of hydrogen-bond acceptors (Lipinski definition) is 6. The molecule has 0 bridgehead atoms. The number of amidine groups is 1. The van der Waals surface area contributed by atoms with Gasteiger partial charge in [0.25, 0.3) is 5.91 Å². The number of aliphatic imine (C=N–C) groups is 1. The number of anilines is 1. The number of thioether (sulfide) groups is 1. The first-order valence-corrected chi connectivity index (χ1v) is 13.0. The minimum absolute atomic E-state index is 0.0442. The zero-order chi connectivity index (χ0) is 25.9. The Hall–Kier alpha value is -3.91. The Morgan fingerprint density at radius 2 is 1.81 bits per heavy atom. The highest BCUT2D eigenvalue weighted by molar-refractivity contribution is 8.15. The van der Waals surface area contributed by atoms with Gasteiger partial charge in [-0.15, -0.1) is 0 Å². The van der Waals surface area contributed by atoms with Crippen LogP contribution >= 0.6 is 11.8 Å². The van der Waals surface area contributed by atoms with E-state index in [1.54, 1.807) is 7.11 Å². The highest BCUT2D eigenvalue weighted by atomic mass is 32.2. The molecule has 0 saturated carbocycles.